The Labute approximate surface area is 148 Å². The number of para-hydroxylation sites is 1. The van der Waals surface area contributed by atoms with E-state index in [2.05, 4.69) is 42.6 Å². The van der Waals surface area contributed by atoms with Gasteiger partial charge in [0.2, 0.25) is 5.95 Å². The molecule has 0 fully saturated rings. The lowest BCUT2D eigenvalue weighted by Gasteiger charge is -2.11. The van der Waals surface area contributed by atoms with E-state index in [0.29, 0.717) is 16.8 Å². The smallest absolute Gasteiger partial charge is 0.229 e. The summed E-state index contributed by atoms with van der Waals surface area (Å²) in [4.78, 5) is 8.76. The molecule has 0 atom stereocenters. The third kappa shape index (κ3) is 4.00. The van der Waals surface area contributed by atoms with Crippen molar-refractivity contribution < 1.29 is 0 Å². The Balaban J connectivity index is 1.86. The Morgan fingerprint density at radius 2 is 1.87 bits per heavy atom. The summed E-state index contributed by atoms with van der Waals surface area (Å²) in [6.07, 6.45) is 1.70. The summed E-state index contributed by atoms with van der Waals surface area (Å²) < 4.78 is 0.781. The SMILES string of the molecule is Cc1cccc(Nc2nc(Nc3ccccc3Cl)ncc2Br)c1. The van der Waals surface area contributed by atoms with Gasteiger partial charge in [0, 0.05) is 11.9 Å². The summed E-state index contributed by atoms with van der Waals surface area (Å²) in [5.41, 5.74) is 2.90. The van der Waals surface area contributed by atoms with Gasteiger partial charge in [-0.1, -0.05) is 35.9 Å². The maximum absolute atomic E-state index is 6.15. The van der Waals surface area contributed by atoms with Crippen molar-refractivity contribution in [2.45, 2.75) is 6.92 Å². The third-order valence-corrected chi connectivity index (χ3v) is 4.06. The molecule has 0 amide bonds. The number of rotatable bonds is 4. The van der Waals surface area contributed by atoms with Crippen LogP contribution in [0, 0.1) is 6.92 Å². The Morgan fingerprint density at radius 3 is 2.65 bits per heavy atom. The van der Waals surface area contributed by atoms with Gasteiger partial charge in [0.25, 0.3) is 0 Å². The molecule has 0 saturated heterocycles. The average molecular weight is 390 g/mol. The molecule has 0 bridgehead atoms. The minimum absolute atomic E-state index is 0.469. The molecule has 0 aliphatic rings. The summed E-state index contributed by atoms with van der Waals surface area (Å²) in [6, 6.07) is 15.5. The van der Waals surface area contributed by atoms with Crippen LogP contribution in [-0.2, 0) is 0 Å². The first-order chi connectivity index (χ1) is 11.1. The molecular weight excluding hydrogens is 376 g/mol. The van der Waals surface area contributed by atoms with E-state index < -0.39 is 0 Å². The van der Waals surface area contributed by atoms with Gasteiger partial charge in [0.05, 0.1) is 15.2 Å². The van der Waals surface area contributed by atoms with Crippen LogP contribution in [0.3, 0.4) is 0 Å². The number of halogens is 2. The number of aromatic nitrogens is 2. The fourth-order valence-electron chi connectivity index (χ4n) is 2.06. The van der Waals surface area contributed by atoms with Crippen LogP contribution in [0.25, 0.3) is 0 Å². The molecule has 0 radical (unpaired) electrons. The van der Waals surface area contributed by atoms with Gasteiger partial charge in [-0.05, 0) is 52.7 Å². The highest BCUT2D eigenvalue weighted by Crippen LogP contribution is 2.27. The van der Waals surface area contributed by atoms with Crippen LogP contribution in [0.15, 0.2) is 59.2 Å². The average Bonchev–Trinajstić information content (AvgIpc) is 2.53. The van der Waals surface area contributed by atoms with Crippen molar-refractivity contribution in [1.29, 1.82) is 0 Å². The van der Waals surface area contributed by atoms with Crippen LogP contribution in [0.1, 0.15) is 5.56 Å². The highest BCUT2D eigenvalue weighted by molar-refractivity contribution is 9.10. The van der Waals surface area contributed by atoms with Gasteiger partial charge in [-0.2, -0.15) is 4.98 Å². The normalized spacial score (nSPS) is 10.4. The van der Waals surface area contributed by atoms with Crippen LogP contribution in [0.2, 0.25) is 5.02 Å². The second-order valence-corrected chi connectivity index (χ2v) is 6.25. The van der Waals surface area contributed by atoms with Crippen molar-refractivity contribution in [3.63, 3.8) is 0 Å². The maximum atomic E-state index is 6.15. The van der Waals surface area contributed by atoms with Gasteiger partial charge >= 0.3 is 0 Å². The third-order valence-electron chi connectivity index (χ3n) is 3.15. The first kappa shape index (κ1) is 15.8. The van der Waals surface area contributed by atoms with Gasteiger partial charge in [-0.15, -0.1) is 0 Å². The molecule has 1 aromatic heterocycles. The highest BCUT2D eigenvalue weighted by Gasteiger charge is 2.07. The van der Waals surface area contributed by atoms with Gasteiger partial charge in [-0.25, -0.2) is 4.98 Å². The van der Waals surface area contributed by atoms with E-state index in [1.165, 1.54) is 5.56 Å². The van der Waals surface area contributed by atoms with Crippen molar-refractivity contribution in [2.24, 2.45) is 0 Å². The zero-order chi connectivity index (χ0) is 16.2. The first-order valence-corrected chi connectivity index (χ1v) is 8.17. The minimum Gasteiger partial charge on any atom is -0.339 e. The quantitative estimate of drug-likeness (QED) is 0.602. The summed E-state index contributed by atoms with van der Waals surface area (Å²) in [5, 5.41) is 7.02. The predicted octanol–water partition coefficient (Wildman–Crippen LogP) is 5.69. The molecule has 0 aliphatic heterocycles. The maximum Gasteiger partial charge on any atom is 0.229 e. The molecule has 2 aromatic carbocycles. The van der Waals surface area contributed by atoms with Crippen molar-refractivity contribution in [3.8, 4) is 0 Å². The van der Waals surface area contributed by atoms with E-state index in [9.17, 15) is 0 Å². The Bertz CT molecular complexity index is 838. The predicted molar refractivity (Wildman–Crippen MR) is 98.9 cm³/mol. The van der Waals surface area contributed by atoms with E-state index in [-0.39, 0.29) is 0 Å². The number of anilines is 4. The summed E-state index contributed by atoms with van der Waals surface area (Å²) in [7, 11) is 0. The van der Waals surface area contributed by atoms with Crippen LogP contribution in [0.4, 0.5) is 23.1 Å². The van der Waals surface area contributed by atoms with E-state index in [1.807, 2.05) is 49.4 Å². The Morgan fingerprint density at radius 1 is 1.04 bits per heavy atom. The number of nitrogens with zero attached hydrogens (tertiary/aromatic N) is 2. The second kappa shape index (κ2) is 6.98. The number of nitrogens with one attached hydrogen (secondary N) is 2. The zero-order valence-electron chi connectivity index (χ0n) is 12.3. The Kier molecular flexibility index (Phi) is 4.79. The number of hydrogen-bond donors (Lipinski definition) is 2. The lowest BCUT2D eigenvalue weighted by Crippen LogP contribution is -2.02. The second-order valence-electron chi connectivity index (χ2n) is 4.99. The highest BCUT2D eigenvalue weighted by atomic mass is 79.9. The molecule has 4 nitrogen and oxygen atoms in total. The van der Waals surface area contributed by atoms with E-state index in [0.717, 1.165) is 15.8 Å². The molecular formula is C17H14BrClN4. The van der Waals surface area contributed by atoms with Crippen LogP contribution < -0.4 is 10.6 Å². The minimum atomic E-state index is 0.469. The Hall–Kier alpha value is -2.11. The van der Waals surface area contributed by atoms with Gasteiger partial charge < -0.3 is 10.6 Å². The molecule has 1 heterocycles. The molecule has 2 N–H and O–H groups in total. The molecule has 0 unspecified atom stereocenters. The molecule has 0 spiro atoms. The summed E-state index contributed by atoms with van der Waals surface area (Å²) in [6.45, 7) is 2.05. The zero-order valence-corrected chi connectivity index (χ0v) is 14.7. The fourth-order valence-corrected chi connectivity index (χ4v) is 2.53. The monoisotopic (exact) mass is 388 g/mol. The number of aryl methyl sites for hydroxylation is 1. The van der Waals surface area contributed by atoms with Gasteiger partial charge in [0.1, 0.15) is 5.82 Å². The van der Waals surface area contributed by atoms with Crippen molar-refractivity contribution >= 4 is 50.7 Å². The molecule has 0 saturated carbocycles. The fraction of sp³-hybridized carbons (Fsp3) is 0.0588. The standard InChI is InChI=1S/C17H14BrClN4/c1-11-5-4-6-12(9-11)21-16-13(18)10-20-17(23-16)22-15-8-3-2-7-14(15)19/h2-10H,1H3,(H2,20,21,22,23). The first-order valence-electron chi connectivity index (χ1n) is 6.99. The molecule has 6 heteroatoms. The summed E-state index contributed by atoms with van der Waals surface area (Å²) in [5.74, 6) is 1.15. The topological polar surface area (TPSA) is 49.8 Å². The van der Waals surface area contributed by atoms with Gasteiger partial charge in [-0.3, -0.25) is 0 Å². The molecule has 3 aromatic rings. The number of hydrogen-bond acceptors (Lipinski definition) is 4. The van der Waals surface area contributed by atoms with E-state index >= 15 is 0 Å². The van der Waals surface area contributed by atoms with Crippen LogP contribution >= 0.6 is 27.5 Å². The van der Waals surface area contributed by atoms with Crippen molar-refractivity contribution in [1.82, 2.24) is 9.97 Å². The van der Waals surface area contributed by atoms with Crippen molar-refractivity contribution in [3.05, 3.63) is 69.8 Å². The van der Waals surface area contributed by atoms with Crippen LogP contribution in [0.5, 0.6) is 0 Å². The van der Waals surface area contributed by atoms with E-state index in [1.54, 1.807) is 6.20 Å². The lowest BCUT2D eigenvalue weighted by molar-refractivity contribution is 1.15. The molecule has 0 aliphatic carbocycles. The van der Waals surface area contributed by atoms with E-state index in [4.69, 9.17) is 11.6 Å². The van der Waals surface area contributed by atoms with Crippen LogP contribution in [-0.4, -0.2) is 9.97 Å². The largest absolute Gasteiger partial charge is 0.339 e. The van der Waals surface area contributed by atoms with Crippen molar-refractivity contribution in [2.75, 3.05) is 10.6 Å². The molecule has 23 heavy (non-hydrogen) atoms. The van der Waals surface area contributed by atoms with Gasteiger partial charge in [0.15, 0.2) is 0 Å². The molecule has 116 valence electrons. The lowest BCUT2D eigenvalue weighted by atomic mass is 10.2. The summed E-state index contributed by atoms with van der Waals surface area (Å²) >= 11 is 9.61. The molecule has 3 rings (SSSR count). The number of benzene rings is 2.